The first-order chi connectivity index (χ1) is 9.69. The Kier molecular flexibility index (Phi) is 5.58. The molecule has 3 unspecified atom stereocenters. The van der Waals surface area contributed by atoms with E-state index in [-0.39, 0.29) is 6.04 Å². The zero-order valence-corrected chi connectivity index (χ0v) is 13.0. The summed E-state index contributed by atoms with van der Waals surface area (Å²) >= 11 is 0. The average molecular weight is 276 g/mol. The number of benzene rings is 1. The Hall–Kier alpha value is -0.900. The van der Waals surface area contributed by atoms with Crippen molar-refractivity contribution in [1.29, 1.82) is 0 Å². The number of hydrogen-bond acceptors (Lipinski definition) is 3. The summed E-state index contributed by atoms with van der Waals surface area (Å²) in [5, 5.41) is 0. The highest BCUT2D eigenvalue weighted by Crippen LogP contribution is 2.38. The summed E-state index contributed by atoms with van der Waals surface area (Å²) in [7, 11) is 0. The molecule has 1 aromatic rings. The fourth-order valence-corrected chi connectivity index (χ4v) is 3.37. The van der Waals surface area contributed by atoms with Crippen LogP contribution in [0, 0.1) is 0 Å². The van der Waals surface area contributed by atoms with E-state index in [2.05, 4.69) is 43.0 Å². The van der Waals surface area contributed by atoms with Crippen LogP contribution in [0.3, 0.4) is 0 Å². The molecule has 2 N–H and O–H groups in total. The Balaban J connectivity index is 2.13. The lowest BCUT2D eigenvalue weighted by Crippen LogP contribution is -2.47. The molecule has 0 spiro atoms. The third-order valence-corrected chi connectivity index (χ3v) is 4.50. The molecule has 0 amide bonds. The van der Waals surface area contributed by atoms with E-state index in [1.807, 2.05) is 6.92 Å². The van der Waals surface area contributed by atoms with Crippen molar-refractivity contribution in [3.63, 3.8) is 0 Å². The lowest BCUT2D eigenvalue weighted by atomic mass is 9.77. The van der Waals surface area contributed by atoms with Crippen LogP contribution in [0.25, 0.3) is 0 Å². The van der Waals surface area contributed by atoms with Gasteiger partial charge >= 0.3 is 0 Å². The van der Waals surface area contributed by atoms with Crippen molar-refractivity contribution in [2.45, 2.75) is 45.2 Å². The molecule has 1 aromatic carbocycles. The van der Waals surface area contributed by atoms with E-state index >= 15 is 0 Å². The maximum atomic E-state index is 6.55. The molecular formula is C17H28N2O. The van der Waals surface area contributed by atoms with Crippen molar-refractivity contribution < 1.29 is 4.74 Å². The average Bonchev–Trinajstić information content (AvgIpc) is 2.48. The van der Waals surface area contributed by atoms with Crippen molar-refractivity contribution >= 4 is 0 Å². The Labute approximate surface area is 123 Å². The van der Waals surface area contributed by atoms with Crippen LogP contribution in [0.1, 0.15) is 50.3 Å². The monoisotopic (exact) mass is 276 g/mol. The SMILES string of the molecule is CCOCCN(CC)C1CC(C)c2ccccc2C1N. The lowest BCUT2D eigenvalue weighted by molar-refractivity contribution is 0.0819. The molecule has 0 saturated heterocycles. The van der Waals surface area contributed by atoms with Gasteiger partial charge in [0.1, 0.15) is 0 Å². The maximum Gasteiger partial charge on any atom is 0.0593 e. The summed E-state index contributed by atoms with van der Waals surface area (Å²) in [6, 6.07) is 9.18. The van der Waals surface area contributed by atoms with Gasteiger partial charge in [-0.1, -0.05) is 38.1 Å². The Morgan fingerprint density at radius 2 is 1.95 bits per heavy atom. The van der Waals surface area contributed by atoms with E-state index in [1.165, 1.54) is 11.1 Å². The number of likely N-dealkylation sites (N-methyl/N-ethyl adjacent to an activating group) is 1. The molecular weight excluding hydrogens is 248 g/mol. The van der Waals surface area contributed by atoms with Crippen LogP contribution in [-0.2, 0) is 4.74 Å². The second-order valence-corrected chi connectivity index (χ2v) is 5.68. The van der Waals surface area contributed by atoms with Gasteiger partial charge in [-0.05, 0) is 36.9 Å². The molecule has 0 fully saturated rings. The summed E-state index contributed by atoms with van der Waals surface area (Å²) in [4.78, 5) is 2.48. The molecule has 0 heterocycles. The van der Waals surface area contributed by atoms with Gasteiger partial charge in [-0.25, -0.2) is 0 Å². The number of nitrogens with two attached hydrogens (primary N) is 1. The predicted molar refractivity (Wildman–Crippen MR) is 83.9 cm³/mol. The lowest BCUT2D eigenvalue weighted by Gasteiger charge is -2.41. The minimum atomic E-state index is 0.115. The Morgan fingerprint density at radius 1 is 1.25 bits per heavy atom. The Bertz CT molecular complexity index is 421. The fourth-order valence-electron chi connectivity index (χ4n) is 3.37. The van der Waals surface area contributed by atoms with Crippen LogP contribution in [0.2, 0.25) is 0 Å². The van der Waals surface area contributed by atoms with Gasteiger partial charge in [0, 0.05) is 25.2 Å². The second-order valence-electron chi connectivity index (χ2n) is 5.68. The molecule has 112 valence electrons. The van der Waals surface area contributed by atoms with Crippen molar-refractivity contribution in [1.82, 2.24) is 4.90 Å². The van der Waals surface area contributed by atoms with E-state index in [4.69, 9.17) is 10.5 Å². The third-order valence-electron chi connectivity index (χ3n) is 4.50. The van der Waals surface area contributed by atoms with Crippen LogP contribution in [-0.4, -0.2) is 37.2 Å². The van der Waals surface area contributed by atoms with Crippen LogP contribution in [0.5, 0.6) is 0 Å². The summed E-state index contributed by atoms with van der Waals surface area (Å²) in [5.41, 5.74) is 9.30. The van der Waals surface area contributed by atoms with Crippen LogP contribution in [0.4, 0.5) is 0 Å². The van der Waals surface area contributed by atoms with E-state index in [9.17, 15) is 0 Å². The van der Waals surface area contributed by atoms with Gasteiger partial charge < -0.3 is 10.5 Å². The maximum absolute atomic E-state index is 6.55. The molecule has 3 nitrogen and oxygen atoms in total. The number of hydrogen-bond donors (Lipinski definition) is 1. The van der Waals surface area contributed by atoms with Gasteiger partial charge in [-0.15, -0.1) is 0 Å². The smallest absolute Gasteiger partial charge is 0.0593 e. The zero-order valence-electron chi connectivity index (χ0n) is 13.0. The minimum Gasteiger partial charge on any atom is -0.380 e. The van der Waals surface area contributed by atoms with Crippen LogP contribution in [0.15, 0.2) is 24.3 Å². The van der Waals surface area contributed by atoms with E-state index in [1.54, 1.807) is 0 Å². The van der Waals surface area contributed by atoms with Crippen molar-refractivity contribution in [2.24, 2.45) is 5.73 Å². The topological polar surface area (TPSA) is 38.5 Å². The quantitative estimate of drug-likeness (QED) is 0.812. The van der Waals surface area contributed by atoms with Crippen molar-refractivity contribution in [2.75, 3.05) is 26.3 Å². The molecule has 3 heteroatoms. The van der Waals surface area contributed by atoms with Gasteiger partial charge in [0.15, 0.2) is 0 Å². The summed E-state index contributed by atoms with van der Waals surface area (Å²) in [6.07, 6.45) is 1.14. The molecule has 0 radical (unpaired) electrons. The highest BCUT2D eigenvalue weighted by Gasteiger charge is 2.33. The largest absolute Gasteiger partial charge is 0.380 e. The zero-order chi connectivity index (χ0) is 14.5. The molecule has 0 saturated carbocycles. The normalized spacial score (nSPS) is 25.8. The summed E-state index contributed by atoms with van der Waals surface area (Å²) in [6.45, 7) is 10.1. The van der Waals surface area contributed by atoms with Gasteiger partial charge in [0.25, 0.3) is 0 Å². The van der Waals surface area contributed by atoms with Crippen molar-refractivity contribution in [3.05, 3.63) is 35.4 Å². The summed E-state index contributed by atoms with van der Waals surface area (Å²) < 4.78 is 5.51. The first-order valence-electron chi connectivity index (χ1n) is 7.85. The van der Waals surface area contributed by atoms with E-state index < -0.39 is 0 Å². The molecule has 0 aliphatic heterocycles. The fraction of sp³-hybridized carbons (Fsp3) is 0.647. The molecule has 3 atom stereocenters. The number of ether oxygens (including phenoxy) is 1. The Morgan fingerprint density at radius 3 is 2.60 bits per heavy atom. The highest BCUT2D eigenvalue weighted by molar-refractivity contribution is 5.36. The van der Waals surface area contributed by atoms with Gasteiger partial charge in [0.05, 0.1) is 6.61 Å². The number of fused-ring (bicyclic) bond motifs is 1. The van der Waals surface area contributed by atoms with Crippen molar-refractivity contribution in [3.8, 4) is 0 Å². The molecule has 0 aromatic heterocycles. The van der Waals surface area contributed by atoms with E-state index in [0.29, 0.717) is 12.0 Å². The third kappa shape index (κ3) is 3.22. The van der Waals surface area contributed by atoms with E-state index in [0.717, 1.165) is 32.7 Å². The van der Waals surface area contributed by atoms with Crippen LogP contribution < -0.4 is 5.73 Å². The highest BCUT2D eigenvalue weighted by atomic mass is 16.5. The van der Waals surface area contributed by atoms with Gasteiger partial charge in [-0.3, -0.25) is 4.90 Å². The van der Waals surface area contributed by atoms with Gasteiger partial charge in [0.2, 0.25) is 0 Å². The summed E-state index contributed by atoms with van der Waals surface area (Å²) in [5.74, 6) is 0.581. The predicted octanol–water partition coefficient (Wildman–Crippen LogP) is 2.92. The number of rotatable bonds is 6. The first-order valence-corrected chi connectivity index (χ1v) is 7.85. The standard InChI is InChI=1S/C17H28N2O/c1-4-19(10-11-20-5-2)16-12-13(3)14-8-6-7-9-15(14)17(16)18/h6-9,13,16-17H,4-5,10-12,18H2,1-3H3. The number of nitrogens with zero attached hydrogens (tertiary/aromatic N) is 1. The molecule has 1 aliphatic rings. The van der Waals surface area contributed by atoms with Gasteiger partial charge in [-0.2, -0.15) is 0 Å². The molecule has 2 rings (SSSR count). The molecule has 0 bridgehead atoms. The second kappa shape index (κ2) is 7.21. The first kappa shape index (κ1) is 15.5. The van der Waals surface area contributed by atoms with Crippen LogP contribution >= 0.6 is 0 Å². The molecule has 1 aliphatic carbocycles. The molecule has 20 heavy (non-hydrogen) atoms. The minimum absolute atomic E-state index is 0.115.